The highest BCUT2D eigenvalue weighted by Crippen LogP contribution is 2.33. The average Bonchev–Trinajstić information content (AvgIpc) is 2.39. The Kier molecular flexibility index (Phi) is 3.25. The van der Waals surface area contributed by atoms with Crippen LogP contribution in [0, 0.1) is 0 Å². The summed E-state index contributed by atoms with van der Waals surface area (Å²) in [5.74, 6) is 0.0982. The molecule has 1 amide bonds. The van der Waals surface area contributed by atoms with Gasteiger partial charge in [-0.25, -0.2) is 0 Å². The van der Waals surface area contributed by atoms with Crippen LogP contribution in [0.25, 0.3) is 0 Å². The molecule has 0 fully saturated rings. The molecule has 0 saturated carbocycles. The summed E-state index contributed by atoms with van der Waals surface area (Å²) in [5, 5.41) is 0. The van der Waals surface area contributed by atoms with Crippen LogP contribution in [0.1, 0.15) is 19.4 Å². The van der Waals surface area contributed by atoms with Crippen molar-refractivity contribution in [2.45, 2.75) is 26.3 Å². The van der Waals surface area contributed by atoms with Crippen molar-refractivity contribution in [3.8, 4) is 0 Å². The van der Waals surface area contributed by atoms with Crippen LogP contribution >= 0.6 is 12.4 Å². The van der Waals surface area contributed by atoms with Crippen LogP contribution in [-0.2, 0) is 11.2 Å². The molecule has 1 unspecified atom stereocenters. The number of carbonyl (C=O) groups excluding carboxylic acids is 1. The molecule has 82 valence electrons. The quantitative estimate of drug-likeness (QED) is 0.688. The number of amides is 1. The second-order valence-electron chi connectivity index (χ2n) is 3.83. The summed E-state index contributed by atoms with van der Waals surface area (Å²) >= 11 is 0. The summed E-state index contributed by atoms with van der Waals surface area (Å²) in [7, 11) is 0. The van der Waals surface area contributed by atoms with E-state index < -0.39 is 0 Å². The fourth-order valence-corrected chi connectivity index (χ4v) is 2.13. The Morgan fingerprint density at radius 1 is 1.53 bits per heavy atom. The number of carbonyl (C=O) groups is 1. The van der Waals surface area contributed by atoms with Gasteiger partial charge in [0.2, 0.25) is 5.91 Å². The normalized spacial score (nSPS) is 18.3. The SMILES string of the molecule is CC(=O)N1c2ccc(N)cc2CC1C.Cl. The molecule has 1 aliphatic heterocycles. The Morgan fingerprint density at radius 3 is 2.80 bits per heavy atom. The molecule has 1 aromatic carbocycles. The summed E-state index contributed by atoms with van der Waals surface area (Å²) in [6.45, 7) is 3.65. The topological polar surface area (TPSA) is 46.3 Å². The molecule has 2 rings (SSSR count). The van der Waals surface area contributed by atoms with E-state index in [0.717, 1.165) is 17.8 Å². The first-order chi connectivity index (χ1) is 6.59. The Morgan fingerprint density at radius 2 is 2.20 bits per heavy atom. The molecule has 15 heavy (non-hydrogen) atoms. The first-order valence-electron chi connectivity index (χ1n) is 4.78. The molecule has 0 aliphatic carbocycles. The highest BCUT2D eigenvalue weighted by Gasteiger charge is 2.28. The van der Waals surface area contributed by atoms with Gasteiger partial charge in [0.15, 0.2) is 0 Å². The van der Waals surface area contributed by atoms with Gasteiger partial charge in [-0.05, 0) is 37.1 Å². The molecule has 2 N–H and O–H groups in total. The first-order valence-corrected chi connectivity index (χ1v) is 4.78. The number of hydrogen-bond acceptors (Lipinski definition) is 2. The van der Waals surface area contributed by atoms with Crippen molar-refractivity contribution in [2.75, 3.05) is 10.6 Å². The smallest absolute Gasteiger partial charge is 0.224 e. The van der Waals surface area contributed by atoms with E-state index >= 15 is 0 Å². The minimum Gasteiger partial charge on any atom is -0.399 e. The zero-order valence-electron chi connectivity index (χ0n) is 8.86. The number of nitrogen functional groups attached to an aromatic ring is 1. The minimum atomic E-state index is 0. The lowest BCUT2D eigenvalue weighted by molar-refractivity contribution is -0.116. The van der Waals surface area contributed by atoms with Crippen molar-refractivity contribution in [1.82, 2.24) is 0 Å². The summed E-state index contributed by atoms with van der Waals surface area (Å²) in [6.07, 6.45) is 0.903. The van der Waals surface area contributed by atoms with Crippen LogP contribution < -0.4 is 10.6 Å². The van der Waals surface area contributed by atoms with E-state index in [0.29, 0.717) is 0 Å². The molecule has 1 aliphatic rings. The first kappa shape index (κ1) is 11.9. The van der Waals surface area contributed by atoms with Gasteiger partial charge in [-0.3, -0.25) is 4.79 Å². The number of rotatable bonds is 0. The number of benzene rings is 1. The highest BCUT2D eigenvalue weighted by molar-refractivity contribution is 5.94. The summed E-state index contributed by atoms with van der Waals surface area (Å²) in [5.41, 5.74) is 8.65. The van der Waals surface area contributed by atoms with Crippen LogP contribution in [0.15, 0.2) is 18.2 Å². The predicted octanol–water partition coefficient (Wildman–Crippen LogP) is 1.99. The molecule has 1 heterocycles. The van der Waals surface area contributed by atoms with Gasteiger partial charge in [0.05, 0.1) is 0 Å². The minimum absolute atomic E-state index is 0. The number of halogens is 1. The molecule has 0 spiro atoms. The second-order valence-corrected chi connectivity index (χ2v) is 3.83. The molecule has 4 heteroatoms. The Balaban J connectivity index is 0.00000112. The standard InChI is InChI=1S/C11H14N2O.ClH/c1-7-5-9-6-10(12)3-4-11(9)13(7)8(2)14;/h3-4,6-7H,5,12H2,1-2H3;1H. The summed E-state index contributed by atoms with van der Waals surface area (Å²) < 4.78 is 0. The fourth-order valence-electron chi connectivity index (χ4n) is 2.13. The van der Waals surface area contributed by atoms with E-state index in [2.05, 4.69) is 6.92 Å². The number of fused-ring (bicyclic) bond motifs is 1. The molecule has 3 nitrogen and oxygen atoms in total. The lowest BCUT2D eigenvalue weighted by Crippen LogP contribution is -2.33. The third kappa shape index (κ3) is 1.92. The van der Waals surface area contributed by atoms with Crippen molar-refractivity contribution in [3.05, 3.63) is 23.8 Å². The molecule has 0 bridgehead atoms. The lowest BCUT2D eigenvalue weighted by Gasteiger charge is -2.20. The van der Waals surface area contributed by atoms with Gasteiger partial charge in [-0.2, -0.15) is 0 Å². The van der Waals surface area contributed by atoms with E-state index in [-0.39, 0.29) is 24.4 Å². The van der Waals surface area contributed by atoms with E-state index in [1.165, 1.54) is 5.56 Å². The zero-order valence-corrected chi connectivity index (χ0v) is 9.67. The maximum Gasteiger partial charge on any atom is 0.224 e. The molecular formula is C11H15ClN2O. The van der Waals surface area contributed by atoms with E-state index in [1.54, 1.807) is 6.92 Å². The van der Waals surface area contributed by atoms with Crippen molar-refractivity contribution >= 4 is 29.7 Å². The highest BCUT2D eigenvalue weighted by atomic mass is 35.5. The molecule has 1 atom stereocenters. The van der Waals surface area contributed by atoms with Crippen molar-refractivity contribution in [2.24, 2.45) is 0 Å². The third-order valence-corrected chi connectivity index (χ3v) is 2.66. The van der Waals surface area contributed by atoms with E-state index in [1.807, 2.05) is 23.1 Å². The van der Waals surface area contributed by atoms with Crippen molar-refractivity contribution in [1.29, 1.82) is 0 Å². The van der Waals surface area contributed by atoms with Crippen LogP contribution in [0.4, 0.5) is 11.4 Å². The monoisotopic (exact) mass is 226 g/mol. The fraction of sp³-hybridized carbons (Fsp3) is 0.364. The predicted molar refractivity (Wildman–Crippen MR) is 64.4 cm³/mol. The summed E-state index contributed by atoms with van der Waals surface area (Å²) in [6, 6.07) is 5.97. The maximum atomic E-state index is 11.4. The van der Waals surface area contributed by atoms with E-state index in [4.69, 9.17) is 5.73 Å². The van der Waals surface area contributed by atoms with Crippen LogP contribution in [-0.4, -0.2) is 11.9 Å². The lowest BCUT2D eigenvalue weighted by atomic mass is 10.1. The third-order valence-electron chi connectivity index (χ3n) is 2.66. The molecule has 0 aromatic heterocycles. The van der Waals surface area contributed by atoms with Crippen LogP contribution in [0.3, 0.4) is 0 Å². The Bertz CT molecular complexity index is 392. The zero-order chi connectivity index (χ0) is 10.3. The van der Waals surface area contributed by atoms with E-state index in [9.17, 15) is 4.79 Å². The molecule has 0 saturated heterocycles. The second kappa shape index (κ2) is 4.11. The number of nitrogens with zero attached hydrogens (tertiary/aromatic N) is 1. The molecular weight excluding hydrogens is 212 g/mol. The maximum absolute atomic E-state index is 11.4. The van der Waals surface area contributed by atoms with Gasteiger partial charge in [0, 0.05) is 24.3 Å². The van der Waals surface area contributed by atoms with Gasteiger partial charge in [-0.1, -0.05) is 0 Å². The Hall–Kier alpha value is -1.22. The van der Waals surface area contributed by atoms with Crippen molar-refractivity contribution < 1.29 is 4.79 Å². The molecule has 1 aromatic rings. The van der Waals surface area contributed by atoms with Gasteiger partial charge >= 0.3 is 0 Å². The number of hydrogen-bond donors (Lipinski definition) is 1. The van der Waals surface area contributed by atoms with Crippen LogP contribution in [0.2, 0.25) is 0 Å². The Labute approximate surface area is 95.7 Å². The summed E-state index contributed by atoms with van der Waals surface area (Å²) in [4.78, 5) is 13.2. The molecule has 0 radical (unpaired) electrons. The van der Waals surface area contributed by atoms with Gasteiger partial charge in [0.25, 0.3) is 0 Å². The van der Waals surface area contributed by atoms with Gasteiger partial charge in [-0.15, -0.1) is 12.4 Å². The van der Waals surface area contributed by atoms with Crippen LogP contribution in [0.5, 0.6) is 0 Å². The number of anilines is 2. The van der Waals surface area contributed by atoms with Crippen molar-refractivity contribution in [3.63, 3.8) is 0 Å². The average molecular weight is 227 g/mol. The van der Waals surface area contributed by atoms with Gasteiger partial charge < -0.3 is 10.6 Å². The van der Waals surface area contributed by atoms with Gasteiger partial charge in [0.1, 0.15) is 0 Å². The number of nitrogens with two attached hydrogens (primary N) is 1. The largest absolute Gasteiger partial charge is 0.399 e.